The van der Waals surface area contributed by atoms with Crippen molar-refractivity contribution in [3.63, 3.8) is 0 Å². The summed E-state index contributed by atoms with van der Waals surface area (Å²) in [4.78, 5) is 11.7. The predicted molar refractivity (Wildman–Crippen MR) is 145 cm³/mol. The average Bonchev–Trinajstić information content (AvgIpc) is 3.17. The van der Waals surface area contributed by atoms with E-state index in [4.69, 9.17) is 33.4 Å². The molecule has 0 aromatic heterocycles. The monoisotopic (exact) mass is 519 g/mol. The van der Waals surface area contributed by atoms with E-state index in [1.165, 1.54) is 6.92 Å². The fourth-order valence-electron chi connectivity index (χ4n) is 4.12. The summed E-state index contributed by atoms with van der Waals surface area (Å²) in [5.41, 5.74) is 0.231. The Morgan fingerprint density at radius 3 is 1.74 bits per heavy atom. The van der Waals surface area contributed by atoms with Crippen molar-refractivity contribution in [2.45, 2.75) is 91.3 Å². The number of carbonyl (C=O) groups is 1. The van der Waals surface area contributed by atoms with Crippen LogP contribution in [-0.4, -0.2) is 42.6 Å². The minimum Gasteiger partial charge on any atom is -0.461 e. The van der Waals surface area contributed by atoms with Crippen LogP contribution in [0.4, 0.5) is 0 Å². The molecule has 8 nitrogen and oxygen atoms in total. The van der Waals surface area contributed by atoms with Gasteiger partial charge in [0.15, 0.2) is 0 Å². The van der Waals surface area contributed by atoms with Crippen LogP contribution in [0.5, 0.6) is 11.5 Å². The zero-order valence-corrected chi connectivity index (χ0v) is 23.6. The van der Waals surface area contributed by atoms with Gasteiger partial charge in [-0.05, 0) is 96.7 Å². The molecule has 0 spiro atoms. The smallest absolute Gasteiger partial charge is 0.461 e. The summed E-state index contributed by atoms with van der Waals surface area (Å²) >= 11 is 0. The molecule has 2 heterocycles. The molecule has 0 N–H and O–H groups in total. The Morgan fingerprint density at radius 1 is 0.816 bits per heavy atom. The molecule has 2 aromatic rings. The third-order valence-electron chi connectivity index (χ3n) is 7.93. The van der Waals surface area contributed by atoms with Crippen LogP contribution in [0.3, 0.4) is 0 Å². The van der Waals surface area contributed by atoms with Gasteiger partial charge in [0.05, 0.1) is 34.0 Å². The van der Waals surface area contributed by atoms with Gasteiger partial charge < -0.3 is 28.1 Å². The van der Waals surface area contributed by atoms with Crippen molar-refractivity contribution in [1.29, 1.82) is 5.26 Å². The largest absolute Gasteiger partial charge is 0.498 e. The number of benzene rings is 2. The van der Waals surface area contributed by atoms with Crippen LogP contribution in [0.15, 0.2) is 36.4 Å². The summed E-state index contributed by atoms with van der Waals surface area (Å²) in [6.45, 7) is 17.2. The Balaban J connectivity index is 1.84. The molecule has 2 aliphatic rings. The zero-order valence-electron chi connectivity index (χ0n) is 23.6. The van der Waals surface area contributed by atoms with Crippen molar-refractivity contribution < 1.29 is 32.9 Å². The molecule has 38 heavy (non-hydrogen) atoms. The number of nitrogens with zero attached hydrogens (tertiary/aromatic N) is 1. The Labute approximate surface area is 225 Å². The zero-order chi connectivity index (χ0) is 28.1. The number of ether oxygens (including phenoxy) is 2. The van der Waals surface area contributed by atoms with Crippen LogP contribution in [0.1, 0.15) is 73.4 Å². The van der Waals surface area contributed by atoms with Gasteiger partial charge in [0.1, 0.15) is 18.1 Å². The maximum Gasteiger partial charge on any atom is 0.498 e. The van der Waals surface area contributed by atoms with Crippen LogP contribution in [-0.2, 0) is 34.8 Å². The first-order chi connectivity index (χ1) is 17.5. The first-order valence-corrected chi connectivity index (χ1v) is 12.7. The second-order valence-corrected chi connectivity index (χ2v) is 11.8. The number of carbonyl (C=O) groups excluding carboxylic acids is 1. The Kier molecular flexibility index (Phi) is 7.21. The molecule has 0 saturated carbocycles. The van der Waals surface area contributed by atoms with Gasteiger partial charge in [-0.2, -0.15) is 5.26 Å². The molecule has 200 valence electrons. The average molecular weight is 519 g/mol. The number of nitriles is 1. The Morgan fingerprint density at radius 2 is 1.29 bits per heavy atom. The lowest BCUT2D eigenvalue weighted by Gasteiger charge is -2.32. The highest BCUT2D eigenvalue weighted by atomic mass is 16.7. The fourth-order valence-corrected chi connectivity index (χ4v) is 4.12. The molecule has 2 fully saturated rings. The maximum atomic E-state index is 11.7. The van der Waals surface area contributed by atoms with Crippen molar-refractivity contribution >= 4 is 31.1 Å². The number of hydrogen-bond donors (Lipinski definition) is 0. The summed E-state index contributed by atoms with van der Waals surface area (Å²) < 4.78 is 37.2. The van der Waals surface area contributed by atoms with Gasteiger partial charge in [0.25, 0.3) is 0 Å². The van der Waals surface area contributed by atoms with Crippen molar-refractivity contribution in [3.05, 3.63) is 47.5 Å². The molecular formula is C28H35B2NO7. The normalized spacial score (nSPS) is 20.7. The molecule has 0 amide bonds. The fraction of sp³-hybridized carbons (Fsp3) is 0.500. The van der Waals surface area contributed by atoms with Crippen molar-refractivity contribution in [2.24, 2.45) is 0 Å². The highest BCUT2D eigenvalue weighted by molar-refractivity contribution is 6.67. The standard InChI is InChI=1S/C28H35B2NO7/c1-18(32)33-17-20-14-24(34-21-12-10-19(16-31)11-13-21)23(30-37-27(6,7)28(8,9)38-30)15-22(20)29-35-25(2,3)26(4,5)36-29/h10-15H,17H2,1-9H3. The lowest BCUT2D eigenvalue weighted by molar-refractivity contribution is -0.142. The summed E-state index contributed by atoms with van der Waals surface area (Å²) in [5, 5.41) is 9.16. The molecule has 2 aliphatic heterocycles. The van der Waals surface area contributed by atoms with E-state index in [1.807, 2.05) is 67.5 Å². The van der Waals surface area contributed by atoms with E-state index in [1.54, 1.807) is 24.3 Å². The lowest BCUT2D eigenvalue weighted by Crippen LogP contribution is -2.43. The van der Waals surface area contributed by atoms with Gasteiger partial charge in [0, 0.05) is 12.4 Å². The SMILES string of the molecule is CC(=O)OCc1cc(Oc2ccc(C#N)cc2)c(B2OC(C)(C)C(C)(C)O2)cc1B1OC(C)(C)C(C)(C)O1. The molecule has 4 rings (SSSR count). The Bertz CT molecular complexity index is 1230. The van der Waals surface area contributed by atoms with Gasteiger partial charge in [-0.15, -0.1) is 0 Å². The van der Waals surface area contributed by atoms with Crippen LogP contribution in [0.2, 0.25) is 0 Å². The topological polar surface area (TPSA) is 96.2 Å². The molecule has 0 unspecified atom stereocenters. The molecule has 0 atom stereocenters. The lowest BCUT2D eigenvalue weighted by atomic mass is 9.69. The van der Waals surface area contributed by atoms with Gasteiger partial charge in [-0.1, -0.05) is 6.07 Å². The molecule has 2 saturated heterocycles. The molecule has 2 aromatic carbocycles. The summed E-state index contributed by atoms with van der Waals surface area (Å²) in [6.07, 6.45) is 0. The number of esters is 1. The van der Waals surface area contributed by atoms with E-state index in [0.717, 1.165) is 0 Å². The quantitative estimate of drug-likeness (QED) is 0.418. The predicted octanol–water partition coefficient (Wildman–Crippen LogP) is 4.01. The molecule has 0 radical (unpaired) electrons. The second kappa shape index (κ2) is 9.73. The first kappa shape index (κ1) is 28.2. The second-order valence-electron chi connectivity index (χ2n) is 11.8. The van der Waals surface area contributed by atoms with E-state index in [0.29, 0.717) is 33.6 Å². The number of hydrogen-bond acceptors (Lipinski definition) is 8. The molecule has 10 heteroatoms. The van der Waals surface area contributed by atoms with Gasteiger partial charge in [-0.25, -0.2) is 0 Å². The third kappa shape index (κ3) is 5.34. The van der Waals surface area contributed by atoms with Gasteiger partial charge in [0.2, 0.25) is 0 Å². The van der Waals surface area contributed by atoms with Gasteiger partial charge >= 0.3 is 20.2 Å². The van der Waals surface area contributed by atoms with Crippen LogP contribution >= 0.6 is 0 Å². The van der Waals surface area contributed by atoms with Crippen LogP contribution in [0, 0.1) is 11.3 Å². The van der Waals surface area contributed by atoms with E-state index in [9.17, 15) is 4.79 Å². The van der Waals surface area contributed by atoms with Crippen LogP contribution < -0.4 is 15.7 Å². The van der Waals surface area contributed by atoms with E-state index in [-0.39, 0.29) is 6.61 Å². The summed E-state index contributed by atoms with van der Waals surface area (Å²) in [5.74, 6) is 0.591. The van der Waals surface area contributed by atoms with Gasteiger partial charge in [-0.3, -0.25) is 4.79 Å². The van der Waals surface area contributed by atoms with Crippen molar-refractivity contribution in [3.8, 4) is 17.6 Å². The highest BCUT2D eigenvalue weighted by Gasteiger charge is 2.55. The minimum atomic E-state index is -0.739. The van der Waals surface area contributed by atoms with Crippen LogP contribution in [0.25, 0.3) is 0 Å². The summed E-state index contributed by atoms with van der Waals surface area (Å²) in [6, 6.07) is 12.6. The van der Waals surface area contributed by atoms with E-state index >= 15 is 0 Å². The minimum absolute atomic E-state index is 0.00210. The van der Waals surface area contributed by atoms with Crippen molar-refractivity contribution in [1.82, 2.24) is 0 Å². The van der Waals surface area contributed by atoms with Crippen molar-refractivity contribution in [2.75, 3.05) is 0 Å². The Hall–Kier alpha value is -2.83. The molecule has 0 aliphatic carbocycles. The maximum absolute atomic E-state index is 11.7. The van der Waals surface area contributed by atoms with E-state index in [2.05, 4.69) is 6.07 Å². The molecular weight excluding hydrogens is 484 g/mol. The summed E-state index contributed by atoms with van der Waals surface area (Å²) in [7, 11) is -1.45. The third-order valence-corrected chi connectivity index (χ3v) is 7.93. The van der Waals surface area contributed by atoms with E-state index < -0.39 is 42.6 Å². The molecule has 0 bridgehead atoms. The highest BCUT2D eigenvalue weighted by Crippen LogP contribution is 2.39. The first-order valence-electron chi connectivity index (χ1n) is 12.7. The number of rotatable bonds is 6.